The fourth-order valence-electron chi connectivity index (χ4n) is 1.37. The number of ether oxygens (including phenoxy) is 1. The zero-order valence-corrected chi connectivity index (χ0v) is 10.5. The van der Waals surface area contributed by atoms with Gasteiger partial charge in [0, 0.05) is 12.4 Å². The fraction of sp³-hybridized carbons (Fsp3) is 0.400. The van der Waals surface area contributed by atoms with E-state index in [9.17, 15) is 0 Å². The van der Waals surface area contributed by atoms with Crippen LogP contribution in [0.2, 0.25) is 0 Å². The summed E-state index contributed by atoms with van der Waals surface area (Å²) in [6.07, 6.45) is 3.39. The van der Waals surface area contributed by atoms with Gasteiger partial charge < -0.3 is 4.74 Å². The SMILES string of the molecule is Cc1nccn1-c1nc(NN)nc(OC(C)C)n1. The zero-order chi connectivity index (χ0) is 13.1. The molecule has 0 unspecified atom stereocenters. The van der Waals surface area contributed by atoms with Gasteiger partial charge in [-0.1, -0.05) is 0 Å². The molecule has 0 aliphatic rings. The number of anilines is 1. The van der Waals surface area contributed by atoms with Crippen molar-refractivity contribution in [2.45, 2.75) is 26.9 Å². The van der Waals surface area contributed by atoms with Gasteiger partial charge in [-0.05, 0) is 20.8 Å². The summed E-state index contributed by atoms with van der Waals surface area (Å²) in [7, 11) is 0. The minimum atomic E-state index is -0.0326. The predicted molar refractivity (Wildman–Crippen MR) is 65.3 cm³/mol. The van der Waals surface area contributed by atoms with Crippen LogP contribution in [0.5, 0.6) is 6.01 Å². The Morgan fingerprint density at radius 2 is 2.11 bits per heavy atom. The number of hydrazine groups is 1. The summed E-state index contributed by atoms with van der Waals surface area (Å²) in [6.45, 7) is 5.63. The minimum absolute atomic E-state index is 0.0326. The Bertz CT molecular complexity index is 537. The van der Waals surface area contributed by atoms with E-state index in [1.165, 1.54) is 0 Å². The molecule has 2 aromatic heterocycles. The average molecular weight is 249 g/mol. The first kappa shape index (κ1) is 12.2. The normalized spacial score (nSPS) is 10.7. The molecule has 3 N–H and O–H groups in total. The molecule has 0 amide bonds. The molecule has 0 aliphatic heterocycles. The van der Waals surface area contributed by atoms with Gasteiger partial charge in [0.2, 0.25) is 11.9 Å². The number of hydrogen-bond donors (Lipinski definition) is 2. The molecule has 8 nitrogen and oxygen atoms in total. The van der Waals surface area contributed by atoms with Crippen LogP contribution >= 0.6 is 0 Å². The van der Waals surface area contributed by atoms with Crippen LogP contribution in [0.4, 0.5) is 5.95 Å². The molecule has 0 saturated carbocycles. The van der Waals surface area contributed by atoms with Crippen molar-refractivity contribution in [1.82, 2.24) is 24.5 Å². The molecule has 0 saturated heterocycles. The van der Waals surface area contributed by atoms with Gasteiger partial charge in [0.25, 0.3) is 0 Å². The van der Waals surface area contributed by atoms with Crippen LogP contribution in [-0.2, 0) is 0 Å². The monoisotopic (exact) mass is 249 g/mol. The van der Waals surface area contributed by atoms with Crippen LogP contribution in [0.25, 0.3) is 5.95 Å². The van der Waals surface area contributed by atoms with E-state index in [1.54, 1.807) is 17.0 Å². The van der Waals surface area contributed by atoms with Crippen LogP contribution in [0.3, 0.4) is 0 Å². The lowest BCUT2D eigenvalue weighted by Crippen LogP contribution is -2.16. The maximum absolute atomic E-state index is 5.44. The van der Waals surface area contributed by atoms with Crippen molar-refractivity contribution in [3.63, 3.8) is 0 Å². The number of rotatable bonds is 4. The molecule has 2 heterocycles. The molecule has 0 atom stereocenters. The van der Waals surface area contributed by atoms with Crippen molar-refractivity contribution in [2.75, 3.05) is 5.43 Å². The fourth-order valence-corrected chi connectivity index (χ4v) is 1.37. The predicted octanol–water partition coefficient (Wildman–Crippen LogP) is 0.439. The summed E-state index contributed by atoms with van der Waals surface area (Å²) >= 11 is 0. The molecule has 2 aromatic rings. The zero-order valence-electron chi connectivity index (χ0n) is 10.5. The van der Waals surface area contributed by atoms with Gasteiger partial charge in [-0.2, -0.15) is 15.0 Å². The topological polar surface area (TPSA) is 104 Å². The molecule has 0 bridgehead atoms. The van der Waals surface area contributed by atoms with E-state index in [-0.39, 0.29) is 18.1 Å². The van der Waals surface area contributed by atoms with E-state index in [4.69, 9.17) is 10.6 Å². The number of nitrogens with one attached hydrogen (secondary N) is 1. The molecule has 0 spiro atoms. The lowest BCUT2D eigenvalue weighted by molar-refractivity contribution is 0.221. The first-order valence-corrected chi connectivity index (χ1v) is 5.50. The number of nitrogens with two attached hydrogens (primary N) is 1. The Labute approximate surface area is 104 Å². The van der Waals surface area contributed by atoms with Crippen molar-refractivity contribution < 1.29 is 4.74 Å². The van der Waals surface area contributed by atoms with Crippen molar-refractivity contribution in [3.8, 4) is 12.0 Å². The second-order valence-electron chi connectivity index (χ2n) is 3.90. The minimum Gasteiger partial charge on any atom is -0.461 e. The number of imidazole rings is 1. The van der Waals surface area contributed by atoms with Gasteiger partial charge in [0.1, 0.15) is 5.82 Å². The van der Waals surface area contributed by atoms with E-state index in [0.29, 0.717) is 5.95 Å². The molecule has 0 aromatic carbocycles. The van der Waals surface area contributed by atoms with E-state index in [2.05, 4.69) is 25.4 Å². The molecule has 8 heteroatoms. The van der Waals surface area contributed by atoms with E-state index in [1.807, 2.05) is 20.8 Å². The van der Waals surface area contributed by atoms with Crippen LogP contribution in [-0.4, -0.2) is 30.6 Å². The second-order valence-corrected chi connectivity index (χ2v) is 3.90. The van der Waals surface area contributed by atoms with Gasteiger partial charge >= 0.3 is 6.01 Å². The highest BCUT2D eigenvalue weighted by molar-refractivity contribution is 5.29. The summed E-state index contributed by atoms with van der Waals surface area (Å²) in [6, 6.07) is 0.219. The van der Waals surface area contributed by atoms with E-state index < -0.39 is 0 Å². The van der Waals surface area contributed by atoms with E-state index in [0.717, 1.165) is 5.82 Å². The third kappa shape index (κ3) is 2.54. The molecular formula is C10H15N7O. The van der Waals surface area contributed by atoms with Gasteiger partial charge in [-0.25, -0.2) is 10.8 Å². The number of nitrogen functional groups attached to an aromatic ring is 1. The highest BCUT2D eigenvalue weighted by Gasteiger charge is 2.11. The van der Waals surface area contributed by atoms with Gasteiger partial charge in [-0.3, -0.25) is 9.99 Å². The highest BCUT2D eigenvalue weighted by Crippen LogP contribution is 2.12. The molecule has 96 valence electrons. The second kappa shape index (κ2) is 4.96. The molecular weight excluding hydrogens is 234 g/mol. The summed E-state index contributed by atoms with van der Waals surface area (Å²) < 4.78 is 7.16. The van der Waals surface area contributed by atoms with Gasteiger partial charge in [0.15, 0.2) is 0 Å². The van der Waals surface area contributed by atoms with Crippen LogP contribution < -0.4 is 16.0 Å². The molecule has 0 aliphatic carbocycles. The summed E-state index contributed by atoms with van der Waals surface area (Å²) in [5.41, 5.74) is 2.39. The highest BCUT2D eigenvalue weighted by atomic mass is 16.5. The Kier molecular flexibility index (Phi) is 3.38. The van der Waals surface area contributed by atoms with Gasteiger partial charge in [0.05, 0.1) is 6.10 Å². The third-order valence-electron chi connectivity index (χ3n) is 2.11. The van der Waals surface area contributed by atoms with Crippen LogP contribution in [0, 0.1) is 6.92 Å². The van der Waals surface area contributed by atoms with E-state index >= 15 is 0 Å². The standard InChI is InChI=1S/C10H15N7O/c1-6(2)18-10-14-8(16-11)13-9(15-10)17-5-4-12-7(17)3/h4-6H,11H2,1-3H3,(H,13,14,15,16). The molecule has 0 radical (unpaired) electrons. The Morgan fingerprint density at radius 3 is 2.67 bits per heavy atom. The lowest BCUT2D eigenvalue weighted by Gasteiger charge is -2.10. The number of aromatic nitrogens is 5. The first-order valence-electron chi connectivity index (χ1n) is 5.50. The Balaban J connectivity index is 2.44. The Hall–Kier alpha value is -2.22. The average Bonchev–Trinajstić information content (AvgIpc) is 2.74. The van der Waals surface area contributed by atoms with Crippen molar-refractivity contribution in [2.24, 2.45) is 5.84 Å². The largest absolute Gasteiger partial charge is 0.461 e. The summed E-state index contributed by atoms with van der Waals surface area (Å²) in [5.74, 6) is 6.74. The van der Waals surface area contributed by atoms with Crippen LogP contribution in [0.1, 0.15) is 19.7 Å². The van der Waals surface area contributed by atoms with Crippen molar-refractivity contribution in [1.29, 1.82) is 0 Å². The summed E-state index contributed by atoms with van der Waals surface area (Å²) in [4.78, 5) is 16.5. The number of nitrogens with zero attached hydrogens (tertiary/aromatic N) is 5. The van der Waals surface area contributed by atoms with Crippen LogP contribution in [0.15, 0.2) is 12.4 Å². The molecule has 0 fully saturated rings. The van der Waals surface area contributed by atoms with Gasteiger partial charge in [-0.15, -0.1) is 0 Å². The smallest absolute Gasteiger partial charge is 0.323 e. The number of hydrogen-bond acceptors (Lipinski definition) is 7. The maximum Gasteiger partial charge on any atom is 0.323 e. The first-order chi connectivity index (χ1) is 8.60. The summed E-state index contributed by atoms with van der Waals surface area (Å²) in [5, 5.41) is 0. The Morgan fingerprint density at radius 1 is 1.33 bits per heavy atom. The molecule has 18 heavy (non-hydrogen) atoms. The maximum atomic E-state index is 5.44. The van der Waals surface area contributed by atoms with Crippen molar-refractivity contribution in [3.05, 3.63) is 18.2 Å². The van der Waals surface area contributed by atoms with Crippen molar-refractivity contribution >= 4 is 5.95 Å². The quantitative estimate of drug-likeness (QED) is 0.598. The number of aryl methyl sites for hydroxylation is 1. The lowest BCUT2D eigenvalue weighted by atomic mass is 10.5. The third-order valence-corrected chi connectivity index (χ3v) is 2.11. The molecule has 2 rings (SSSR count).